The van der Waals surface area contributed by atoms with Crippen molar-refractivity contribution in [2.45, 2.75) is 18.6 Å². The number of rotatable bonds is 2. The first-order valence-corrected chi connectivity index (χ1v) is 6.85. The minimum absolute atomic E-state index is 0.197. The highest BCUT2D eigenvalue weighted by Gasteiger charge is 2.67. The smallest absolute Gasteiger partial charge is 0.326 e. The summed E-state index contributed by atoms with van der Waals surface area (Å²) in [6.07, 6.45) is -2.82. The number of nitrogens with zero attached hydrogens (tertiary/aromatic N) is 2. The summed E-state index contributed by atoms with van der Waals surface area (Å²) in [6, 6.07) is 2.58. The van der Waals surface area contributed by atoms with E-state index in [0.29, 0.717) is 4.47 Å². The summed E-state index contributed by atoms with van der Waals surface area (Å²) in [6.45, 7) is 1.15. The molecule has 0 aromatic carbocycles. The molecule has 2 N–H and O–H groups in total. The number of nitrogens with one attached hydrogen (secondary N) is 2. The Hall–Kier alpha value is -2.41. The van der Waals surface area contributed by atoms with Gasteiger partial charge in [-0.1, -0.05) is 0 Å². The molecule has 1 aromatic rings. The minimum Gasteiger partial charge on any atom is -0.326 e. The number of amides is 2. The predicted octanol–water partition coefficient (Wildman–Crippen LogP) is 1.80. The third-order valence-corrected chi connectivity index (χ3v) is 3.63. The fraction of sp³-hybridized carbons (Fsp3) is 0.231. The van der Waals surface area contributed by atoms with Gasteiger partial charge in [0.25, 0.3) is 17.4 Å². The molecule has 10 heteroatoms. The van der Waals surface area contributed by atoms with Crippen LogP contribution in [-0.2, 0) is 4.79 Å². The van der Waals surface area contributed by atoms with Crippen LogP contribution < -0.4 is 10.6 Å². The van der Waals surface area contributed by atoms with Crippen LogP contribution in [0.3, 0.4) is 0 Å². The van der Waals surface area contributed by atoms with Crippen molar-refractivity contribution >= 4 is 27.7 Å². The van der Waals surface area contributed by atoms with Crippen molar-refractivity contribution < 1.29 is 22.8 Å². The molecule has 0 saturated carbocycles. The van der Waals surface area contributed by atoms with E-state index in [2.05, 4.69) is 20.9 Å². The molecule has 120 valence electrons. The topological polar surface area (TPSA) is 94.9 Å². The lowest BCUT2D eigenvalue weighted by atomic mass is 9.90. The van der Waals surface area contributed by atoms with Gasteiger partial charge in [0, 0.05) is 22.6 Å². The number of carbonyl (C=O) groups excluding carboxylic acids is 2. The van der Waals surface area contributed by atoms with E-state index >= 15 is 0 Å². The summed E-state index contributed by atoms with van der Waals surface area (Å²) in [4.78, 5) is 27.7. The third kappa shape index (κ3) is 2.68. The van der Waals surface area contributed by atoms with Crippen LogP contribution in [0, 0.1) is 11.3 Å². The number of aromatic nitrogens is 1. The van der Waals surface area contributed by atoms with Crippen molar-refractivity contribution in [1.29, 1.82) is 5.26 Å². The lowest BCUT2D eigenvalue weighted by Crippen LogP contribution is -2.64. The largest absolute Gasteiger partial charge is 0.425 e. The summed E-state index contributed by atoms with van der Waals surface area (Å²) in [5, 5.41) is 12.6. The molecule has 0 radical (unpaired) electrons. The van der Waals surface area contributed by atoms with Crippen molar-refractivity contribution in [3.8, 4) is 6.07 Å². The second kappa shape index (κ2) is 5.66. The molecule has 0 fully saturated rings. The first kappa shape index (κ1) is 17.0. The average Bonchev–Trinajstić information content (AvgIpc) is 2.69. The molecule has 2 rings (SSSR count). The SMILES string of the molecule is CC1=C(C#N)[C@](NC(=O)c2cncc(Br)c2)(C(F)(F)F)C(=O)N1. The lowest BCUT2D eigenvalue weighted by molar-refractivity contribution is -0.184. The molecule has 2 amide bonds. The third-order valence-electron chi connectivity index (χ3n) is 3.20. The normalized spacial score (nSPS) is 21.0. The second-order valence-electron chi connectivity index (χ2n) is 4.66. The van der Waals surface area contributed by atoms with Crippen LogP contribution >= 0.6 is 15.9 Å². The van der Waals surface area contributed by atoms with Gasteiger partial charge in [0.15, 0.2) is 0 Å². The summed E-state index contributed by atoms with van der Waals surface area (Å²) in [5.74, 6) is -2.72. The fourth-order valence-corrected chi connectivity index (χ4v) is 2.49. The Bertz CT molecular complexity index is 769. The van der Waals surface area contributed by atoms with Gasteiger partial charge in [0.05, 0.1) is 17.2 Å². The number of nitriles is 1. The molecule has 6 nitrogen and oxygen atoms in total. The van der Waals surface area contributed by atoms with Crippen LogP contribution in [-0.4, -0.2) is 28.5 Å². The lowest BCUT2D eigenvalue weighted by Gasteiger charge is -2.30. The Morgan fingerprint density at radius 3 is 2.65 bits per heavy atom. The standard InChI is InChI=1S/C13H8BrF3N4O2/c1-6-9(3-18)12(11(23)20-6,13(15,16)17)21-10(22)7-2-8(14)5-19-4-7/h2,4-5H,1H3,(H,20,23)(H,21,22)/t12-/m1/s1. The highest BCUT2D eigenvalue weighted by atomic mass is 79.9. The van der Waals surface area contributed by atoms with Crippen LogP contribution in [0.1, 0.15) is 17.3 Å². The molecule has 1 aromatic heterocycles. The van der Waals surface area contributed by atoms with E-state index < -0.39 is 29.1 Å². The first-order chi connectivity index (χ1) is 10.6. The molecule has 0 unspecified atom stereocenters. The van der Waals surface area contributed by atoms with Gasteiger partial charge in [-0.2, -0.15) is 18.4 Å². The average molecular weight is 389 g/mol. The van der Waals surface area contributed by atoms with Gasteiger partial charge in [-0.3, -0.25) is 14.6 Å². The number of carbonyl (C=O) groups is 2. The zero-order valence-corrected chi connectivity index (χ0v) is 13.0. The number of allylic oxidation sites excluding steroid dienone is 1. The van der Waals surface area contributed by atoms with Crippen molar-refractivity contribution in [2.24, 2.45) is 0 Å². The van der Waals surface area contributed by atoms with Crippen LogP contribution in [0.25, 0.3) is 0 Å². The molecule has 0 bridgehead atoms. The van der Waals surface area contributed by atoms with Crippen molar-refractivity contribution in [1.82, 2.24) is 15.6 Å². The van der Waals surface area contributed by atoms with Gasteiger partial charge in [-0.15, -0.1) is 0 Å². The van der Waals surface area contributed by atoms with Gasteiger partial charge in [-0.05, 0) is 28.9 Å². The number of halogens is 4. The molecule has 1 atom stereocenters. The van der Waals surface area contributed by atoms with Crippen molar-refractivity contribution in [3.63, 3.8) is 0 Å². The fourth-order valence-electron chi connectivity index (χ4n) is 2.13. The highest BCUT2D eigenvalue weighted by Crippen LogP contribution is 2.40. The molecular formula is C13H8BrF3N4O2. The van der Waals surface area contributed by atoms with Crippen molar-refractivity contribution in [2.75, 3.05) is 0 Å². The first-order valence-electron chi connectivity index (χ1n) is 6.06. The number of pyridine rings is 1. The van der Waals surface area contributed by atoms with E-state index in [0.717, 1.165) is 13.1 Å². The molecule has 23 heavy (non-hydrogen) atoms. The van der Waals surface area contributed by atoms with Crippen LogP contribution in [0.4, 0.5) is 13.2 Å². The Kier molecular flexibility index (Phi) is 4.17. The van der Waals surface area contributed by atoms with Gasteiger partial charge in [0.1, 0.15) is 0 Å². The van der Waals surface area contributed by atoms with Gasteiger partial charge in [0.2, 0.25) is 0 Å². The summed E-state index contributed by atoms with van der Waals surface area (Å²) >= 11 is 3.04. The molecule has 2 heterocycles. The summed E-state index contributed by atoms with van der Waals surface area (Å²) in [5.41, 5.74) is -4.78. The molecule has 1 aliphatic heterocycles. The maximum atomic E-state index is 13.5. The number of hydrogen-bond donors (Lipinski definition) is 2. The Balaban J connectivity index is 2.53. The van der Waals surface area contributed by atoms with Crippen LogP contribution in [0.5, 0.6) is 0 Å². The maximum Gasteiger partial charge on any atom is 0.425 e. The van der Waals surface area contributed by atoms with Crippen LogP contribution in [0.2, 0.25) is 0 Å². The molecule has 1 aliphatic rings. The quantitative estimate of drug-likeness (QED) is 0.807. The van der Waals surface area contributed by atoms with Gasteiger partial charge in [-0.25, -0.2) is 0 Å². The molecule has 0 saturated heterocycles. The van der Waals surface area contributed by atoms with E-state index in [1.54, 1.807) is 5.32 Å². The van der Waals surface area contributed by atoms with Gasteiger partial charge < -0.3 is 10.6 Å². The molecule has 0 spiro atoms. The zero-order valence-electron chi connectivity index (χ0n) is 11.5. The second-order valence-corrected chi connectivity index (χ2v) is 5.58. The number of alkyl halides is 3. The zero-order chi connectivity index (χ0) is 17.4. The number of hydrogen-bond acceptors (Lipinski definition) is 4. The van der Waals surface area contributed by atoms with Gasteiger partial charge >= 0.3 is 6.18 Å². The van der Waals surface area contributed by atoms with Crippen molar-refractivity contribution in [3.05, 3.63) is 39.8 Å². The molecule has 0 aliphatic carbocycles. The highest BCUT2D eigenvalue weighted by molar-refractivity contribution is 9.10. The monoisotopic (exact) mass is 388 g/mol. The van der Waals surface area contributed by atoms with E-state index in [-0.39, 0.29) is 11.3 Å². The summed E-state index contributed by atoms with van der Waals surface area (Å²) < 4.78 is 41.0. The van der Waals surface area contributed by atoms with E-state index in [4.69, 9.17) is 5.26 Å². The Labute approximate surface area is 136 Å². The van der Waals surface area contributed by atoms with E-state index in [1.807, 2.05) is 5.32 Å². The predicted molar refractivity (Wildman–Crippen MR) is 74.6 cm³/mol. The Morgan fingerprint density at radius 2 is 2.13 bits per heavy atom. The van der Waals surface area contributed by atoms with E-state index in [1.165, 1.54) is 18.3 Å². The van der Waals surface area contributed by atoms with E-state index in [9.17, 15) is 22.8 Å². The maximum absolute atomic E-state index is 13.5. The minimum atomic E-state index is -5.20. The Morgan fingerprint density at radius 1 is 1.48 bits per heavy atom. The van der Waals surface area contributed by atoms with Crippen LogP contribution in [0.15, 0.2) is 34.2 Å². The molecular weight excluding hydrogens is 381 g/mol. The summed E-state index contributed by atoms with van der Waals surface area (Å²) in [7, 11) is 0.